The maximum absolute atomic E-state index is 12.4. The van der Waals surface area contributed by atoms with Crippen LogP contribution in [0.3, 0.4) is 0 Å². The van der Waals surface area contributed by atoms with Crippen molar-refractivity contribution in [2.45, 2.75) is 26.4 Å². The Balaban J connectivity index is 4.38. The van der Waals surface area contributed by atoms with Crippen molar-refractivity contribution in [1.29, 1.82) is 0 Å². The third-order valence-electron chi connectivity index (χ3n) is 2.38. The Kier molecular flexibility index (Phi) is 7.93. The molecule has 0 rings (SSSR count). The standard InChI is InChI=1S/C11H21F3N2O2/c1-3-18-6-4-5-16(8-11(12,13)14)10(17)9(2)7-15/h9H,3-8,15H2,1-2H3. The number of alkyl halides is 3. The van der Waals surface area contributed by atoms with Crippen LogP contribution in [-0.2, 0) is 9.53 Å². The van der Waals surface area contributed by atoms with Crippen molar-refractivity contribution in [2.24, 2.45) is 11.7 Å². The van der Waals surface area contributed by atoms with Gasteiger partial charge in [-0.1, -0.05) is 6.92 Å². The van der Waals surface area contributed by atoms with Gasteiger partial charge in [-0.25, -0.2) is 0 Å². The Morgan fingerprint density at radius 2 is 2.06 bits per heavy atom. The summed E-state index contributed by atoms with van der Waals surface area (Å²) < 4.78 is 42.1. The SMILES string of the molecule is CCOCCCN(CC(F)(F)F)C(=O)C(C)CN. The molecule has 0 spiro atoms. The quantitative estimate of drug-likeness (QED) is 0.678. The fourth-order valence-electron chi connectivity index (χ4n) is 1.40. The van der Waals surface area contributed by atoms with Crippen LogP contribution in [0.2, 0.25) is 0 Å². The van der Waals surface area contributed by atoms with Crippen LogP contribution in [0.25, 0.3) is 0 Å². The summed E-state index contributed by atoms with van der Waals surface area (Å²) in [6.45, 7) is 3.01. The molecule has 0 saturated heterocycles. The summed E-state index contributed by atoms with van der Waals surface area (Å²) in [5, 5.41) is 0. The Hall–Kier alpha value is -0.820. The van der Waals surface area contributed by atoms with Crippen LogP contribution in [0.4, 0.5) is 13.2 Å². The molecular weight excluding hydrogens is 249 g/mol. The molecule has 0 aromatic rings. The van der Waals surface area contributed by atoms with E-state index in [-0.39, 0.29) is 13.1 Å². The number of nitrogens with two attached hydrogens (primary N) is 1. The van der Waals surface area contributed by atoms with E-state index < -0.39 is 24.5 Å². The van der Waals surface area contributed by atoms with Crippen LogP contribution in [0, 0.1) is 5.92 Å². The Bertz CT molecular complexity index is 247. The van der Waals surface area contributed by atoms with Crippen molar-refractivity contribution >= 4 is 5.91 Å². The van der Waals surface area contributed by atoms with E-state index in [2.05, 4.69) is 0 Å². The maximum atomic E-state index is 12.4. The second-order valence-electron chi connectivity index (χ2n) is 4.06. The van der Waals surface area contributed by atoms with E-state index in [1.165, 1.54) is 6.92 Å². The van der Waals surface area contributed by atoms with E-state index in [1.807, 2.05) is 0 Å². The minimum Gasteiger partial charge on any atom is -0.382 e. The lowest BCUT2D eigenvalue weighted by Crippen LogP contribution is -2.44. The first kappa shape index (κ1) is 17.2. The Labute approximate surface area is 105 Å². The van der Waals surface area contributed by atoms with Gasteiger partial charge in [-0.15, -0.1) is 0 Å². The molecule has 2 N–H and O–H groups in total. The predicted molar refractivity (Wildman–Crippen MR) is 62.0 cm³/mol. The van der Waals surface area contributed by atoms with Crippen LogP contribution in [-0.4, -0.2) is 49.8 Å². The molecule has 1 unspecified atom stereocenters. The third-order valence-corrected chi connectivity index (χ3v) is 2.38. The fourth-order valence-corrected chi connectivity index (χ4v) is 1.40. The van der Waals surface area contributed by atoms with E-state index in [9.17, 15) is 18.0 Å². The monoisotopic (exact) mass is 270 g/mol. The molecule has 18 heavy (non-hydrogen) atoms. The number of amides is 1. The lowest BCUT2D eigenvalue weighted by Gasteiger charge is -2.26. The highest BCUT2D eigenvalue weighted by Gasteiger charge is 2.33. The van der Waals surface area contributed by atoms with Gasteiger partial charge in [-0.05, 0) is 13.3 Å². The first-order valence-corrected chi connectivity index (χ1v) is 5.95. The van der Waals surface area contributed by atoms with Crippen molar-refractivity contribution in [1.82, 2.24) is 4.90 Å². The first-order chi connectivity index (χ1) is 8.31. The average molecular weight is 270 g/mol. The minimum absolute atomic E-state index is 0.0304. The van der Waals surface area contributed by atoms with Gasteiger partial charge in [0.1, 0.15) is 6.54 Å². The molecule has 1 atom stereocenters. The number of rotatable bonds is 8. The largest absolute Gasteiger partial charge is 0.406 e. The van der Waals surface area contributed by atoms with Gasteiger partial charge in [0.25, 0.3) is 0 Å². The Morgan fingerprint density at radius 1 is 1.44 bits per heavy atom. The van der Waals surface area contributed by atoms with Crippen LogP contribution in [0.5, 0.6) is 0 Å². The zero-order chi connectivity index (χ0) is 14.2. The highest BCUT2D eigenvalue weighted by atomic mass is 19.4. The van der Waals surface area contributed by atoms with Gasteiger partial charge in [0.2, 0.25) is 5.91 Å². The zero-order valence-corrected chi connectivity index (χ0v) is 10.8. The van der Waals surface area contributed by atoms with Gasteiger partial charge in [-0.3, -0.25) is 4.79 Å². The maximum Gasteiger partial charge on any atom is 0.406 e. The molecule has 0 aromatic heterocycles. The number of nitrogens with zero attached hydrogens (tertiary/aromatic N) is 1. The number of hydrogen-bond acceptors (Lipinski definition) is 3. The average Bonchev–Trinajstić information content (AvgIpc) is 2.29. The topological polar surface area (TPSA) is 55.6 Å². The molecule has 0 aromatic carbocycles. The van der Waals surface area contributed by atoms with Gasteiger partial charge in [0.15, 0.2) is 0 Å². The normalized spacial score (nSPS) is 13.4. The van der Waals surface area contributed by atoms with Crippen molar-refractivity contribution in [3.63, 3.8) is 0 Å². The number of hydrogen-bond donors (Lipinski definition) is 1. The van der Waals surface area contributed by atoms with Gasteiger partial charge in [0.05, 0.1) is 0 Å². The summed E-state index contributed by atoms with van der Waals surface area (Å²) in [7, 11) is 0. The molecule has 0 radical (unpaired) electrons. The molecular formula is C11H21F3N2O2. The molecule has 0 bridgehead atoms. The number of carbonyl (C=O) groups excluding carboxylic acids is 1. The highest BCUT2D eigenvalue weighted by Crippen LogP contribution is 2.18. The summed E-state index contributed by atoms with van der Waals surface area (Å²) in [6.07, 6.45) is -4.01. The molecule has 4 nitrogen and oxygen atoms in total. The van der Waals surface area contributed by atoms with Crippen LogP contribution in [0.1, 0.15) is 20.3 Å². The zero-order valence-electron chi connectivity index (χ0n) is 10.8. The lowest BCUT2D eigenvalue weighted by molar-refractivity contribution is -0.163. The second-order valence-corrected chi connectivity index (χ2v) is 4.06. The number of halogens is 3. The Morgan fingerprint density at radius 3 is 2.50 bits per heavy atom. The molecule has 1 amide bonds. The van der Waals surface area contributed by atoms with E-state index >= 15 is 0 Å². The smallest absolute Gasteiger partial charge is 0.382 e. The fraction of sp³-hybridized carbons (Fsp3) is 0.909. The predicted octanol–water partition coefficient (Wildman–Crippen LogP) is 1.40. The summed E-state index contributed by atoms with van der Waals surface area (Å²) in [5.41, 5.74) is 5.30. The van der Waals surface area contributed by atoms with E-state index in [0.717, 1.165) is 4.90 Å². The summed E-state index contributed by atoms with van der Waals surface area (Å²) in [6, 6.07) is 0. The summed E-state index contributed by atoms with van der Waals surface area (Å²) in [5.74, 6) is -1.16. The molecule has 108 valence electrons. The van der Waals surface area contributed by atoms with Crippen LogP contribution < -0.4 is 5.73 Å². The molecule has 0 fully saturated rings. The number of carbonyl (C=O) groups is 1. The lowest BCUT2D eigenvalue weighted by atomic mass is 10.1. The van der Waals surface area contributed by atoms with Gasteiger partial charge >= 0.3 is 6.18 Å². The molecule has 0 aliphatic carbocycles. The van der Waals surface area contributed by atoms with Crippen molar-refractivity contribution < 1.29 is 22.7 Å². The molecule has 0 heterocycles. The first-order valence-electron chi connectivity index (χ1n) is 5.95. The van der Waals surface area contributed by atoms with Gasteiger partial charge in [-0.2, -0.15) is 13.2 Å². The van der Waals surface area contributed by atoms with E-state index in [0.29, 0.717) is 19.6 Å². The number of ether oxygens (including phenoxy) is 1. The minimum atomic E-state index is -4.39. The van der Waals surface area contributed by atoms with E-state index in [1.54, 1.807) is 6.92 Å². The third kappa shape index (κ3) is 7.50. The van der Waals surface area contributed by atoms with E-state index in [4.69, 9.17) is 10.5 Å². The summed E-state index contributed by atoms with van der Waals surface area (Å²) >= 11 is 0. The highest BCUT2D eigenvalue weighted by molar-refractivity contribution is 5.78. The molecule has 0 aliphatic heterocycles. The van der Waals surface area contributed by atoms with Crippen molar-refractivity contribution in [3.05, 3.63) is 0 Å². The van der Waals surface area contributed by atoms with Crippen molar-refractivity contribution in [3.8, 4) is 0 Å². The summed E-state index contributed by atoms with van der Waals surface area (Å²) in [4.78, 5) is 12.5. The molecule has 7 heteroatoms. The van der Waals surface area contributed by atoms with Crippen LogP contribution >= 0.6 is 0 Å². The van der Waals surface area contributed by atoms with Gasteiger partial charge in [0, 0.05) is 32.2 Å². The second kappa shape index (κ2) is 8.31. The van der Waals surface area contributed by atoms with Crippen LogP contribution in [0.15, 0.2) is 0 Å². The van der Waals surface area contributed by atoms with Gasteiger partial charge < -0.3 is 15.4 Å². The molecule has 0 saturated carbocycles. The van der Waals surface area contributed by atoms with Crippen molar-refractivity contribution in [2.75, 3.05) is 32.8 Å². The molecule has 0 aliphatic rings.